The van der Waals surface area contributed by atoms with E-state index in [0.29, 0.717) is 0 Å². The Morgan fingerprint density at radius 1 is 1.00 bits per heavy atom. The molecule has 0 amide bonds. The lowest BCUT2D eigenvalue weighted by Gasteiger charge is -2.02. The third-order valence-electron chi connectivity index (χ3n) is 2.09. The predicted octanol–water partition coefficient (Wildman–Crippen LogP) is 3.64. The van der Waals surface area contributed by atoms with Crippen molar-refractivity contribution in [1.29, 1.82) is 0 Å². The van der Waals surface area contributed by atoms with Crippen molar-refractivity contribution >= 4 is 32.4 Å². The topological polar surface area (TPSA) is 12.0 Å². The summed E-state index contributed by atoms with van der Waals surface area (Å²) in [5.41, 5.74) is 1.15. The van der Waals surface area contributed by atoms with Gasteiger partial charge in [-0.1, -0.05) is 28.1 Å². The van der Waals surface area contributed by atoms with Gasteiger partial charge in [-0.15, -0.1) is 0 Å². The van der Waals surface area contributed by atoms with Gasteiger partial charge in [0.05, 0.1) is 0 Å². The second kappa shape index (κ2) is 3.38. The molecule has 2 aromatic carbocycles. The van der Waals surface area contributed by atoms with Crippen LogP contribution in [0.2, 0.25) is 0 Å². The molecule has 0 saturated heterocycles. The van der Waals surface area contributed by atoms with Gasteiger partial charge in [0.25, 0.3) is 0 Å². The van der Waals surface area contributed by atoms with Gasteiger partial charge in [-0.3, -0.25) is 0 Å². The monoisotopic (exact) mass is 235 g/mol. The van der Waals surface area contributed by atoms with Gasteiger partial charge in [-0.2, -0.15) is 0 Å². The van der Waals surface area contributed by atoms with Crippen LogP contribution in [0.15, 0.2) is 40.9 Å². The lowest BCUT2D eigenvalue weighted by atomic mass is 10.1. The summed E-state index contributed by atoms with van der Waals surface area (Å²) in [6, 6.07) is 12.6. The van der Waals surface area contributed by atoms with Crippen LogP contribution in [0.25, 0.3) is 10.8 Å². The Morgan fingerprint density at radius 2 is 1.69 bits per heavy atom. The van der Waals surface area contributed by atoms with Crippen molar-refractivity contribution in [3.63, 3.8) is 0 Å². The highest BCUT2D eigenvalue weighted by atomic mass is 79.9. The molecule has 0 aliphatic heterocycles. The fourth-order valence-electron chi connectivity index (χ4n) is 1.37. The summed E-state index contributed by atoms with van der Waals surface area (Å²) in [5, 5.41) is 5.64. The lowest BCUT2D eigenvalue weighted by molar-refractivity contribution is 1.53. The van der Waals surface area contributed by atoms with E-state index in [1.165, 1.54) is 10.8 Å². The molecule has 0 fully saturated rings. The van der Waals surface area contributed by atoms with E-state index in [1.807, 2.05) is 7.05 Å². The van der Waals surface area contributed by atoms with Crippen LogP contribution in [-0.4, -0.2) is 7.05 Å². The summed E-state index contributed by atoms with van der Waals surface area (Å²) in [6.45, 7) is 0. The average Bonchev–Trinajstić information content (AvgIpc) is 2.17. The van der Waals surface area contributed by atoms with E-state index in [0.717, 1.165) is 10.2 Å². The van der Waals surface area contributed by atoms with Crippen molar-refractivity contribution in [3.05, 3.63) is 40.9 Å². The average molecular weight is 236 g/mol. The largest absolute Gasteiger partial charge is 0.388 e. The predicted molar refractivity (Wildman–Crippen MR) is 61.2 cm³/mol. The molecule has 1 N–H and O–H groups in total. The molecule has 0 atom stereocenters. The molecule has 0 aliphatic carbocycles. The van der Waals surface area contributed by atoms with Crippen molar-refractivity contribution in [1.82, 2.24) is 0 Å². The van der Waals surface area contributed by atoms with E-state index in [1.54, 1.807) is 0 Å². The smallest absolute Gasteiger partial charge is 0.0343 e. The molecule has 0 aromatic heterocycles. The van der Waals surface area contributed by atoms with E-state index in [4.69, 9.17) is 0 Å². The van der Waals surface area contributed by atoms with Crippen LogP contribution in [0.1, 0.15) is 0 Å². The van der Waals surface area contributed by atoms with Gasteiger partial charge >= 0.3 is 0 Å². The molecule has 0 unspecified atom stereocenters. The minimum atomic E-state index is 1.12. The Bertz CT molecular complexity index is 437. The summed E-state index contributed by atoms with van der Waals surface area (Å²) in [6.07, 6.45) is 0. The molecule has 2 aromatic rings. The van der Waals surface area contributed by atoms with E-state index >= 15 is 0 Å². The molecule has 0 radical (unpaired) electrons. The van der Waals surface area contributed by atoms with Crippen molar-refractivity contribution in [3.8, 4) is 0 Å². The van der Waals surface area contributed by atoms with Crippen LogP contribution in [0, 0.1) is 0 Å². The van der Waals surface area contributed by atoms with Crippen LogP contribution in [0.4, 0.5) is 5.69 Å². The Labute approximate surface area is 85.9 Å². The SMILES string of the molecule is CNc1ccc2cc(Br)ccc2c1. The normalized spacial score (nSPS) is 10.3. The Balaban J connectivity index is 2.66. The molecular formula is C11H10BrN. The lowest BCUT2D eigenvalue weighted by Crippen LogP contribution is -1.86. The van der Waals surface area contributed by atoms with Gasteiger partial charge in [0.1, 0.15) is 0 Å². The van der Waals surface area contributed by atoms with Crippen LogP contribution in [0.5, 0.6) is 0 Å². The highest BCUT2D eigenvalue weighted by Gasteiger charge is 1.95. The summed E-state index contributed by atoms with van der Waals surface area (Å²) in [5.74, 6) is 0. The number of hydrogen-bond donors (Lipinski definition) is 1. The highest BCUT2D eigenvalue weighted by Crippen LogP contribution is 2.22. The Hall–Kier alpha value is -1.02. The molecule has 2 rings (SSSR count). The minimum absolute atomic E-state index is 1.12. The molecule has 0 aliphatic rings. The number of rotatable bonds is 1. The first kappa shape index (κ1) is 8.57. The fourth-order valence-corrected chi connectivity index (χ4v) is 1.75. The maximum Gasteiger partial charge on any atom is 0.0343 e. The molecule has 2 heteroatoms. The molecular weight excluding hydrogens is 226 g/mol. The maximum absolute atomic E-state index is 3.45. The summed E-state index contributed by atoms with van der Waals surface area (Å²) in [4.78, 5) is 0. The van der Waals surface area contributed by atoms with Gasteiger partial charge < -0.3 is 5.32 Å². The number of benzene rings is 2. The number of halogens is 1. The van der Waals surface area contributed by atoms with E-state index in [2.05, 4.69) is 57.6 Å². The number of nitrogens with one attached hydrogen (secondary N) is 1. The molecule has 0 heterocycles. The highest BCUT2D eigenvalue weighted by molar-refractivity contribution is 9.10. The van der Waals surface area contributed by atoms with Crippen LogP contribution >= 0.6 is 15.9 Å². The molecule has 0 spiro atoms. The van der Waals surface area contributed by atoms with E-state index in [9.17, 15) is 0 Å². The first-order valence-electron chi connectivity index (χ1n) is 4.17. The van der Waals surface area contributed by atoms with Crippen LogP contribution in [0.3, 0.4) is 0 Å². The molecule has 13 heavy (non-hydrogen) atoms. The summed E-state index contributed by atoms with van der Waals surface area (Å²) >= 11 is 3.45. The second-order valence-corrected chi connectivity index (χ2v) is 3.87. The van der Waals surface area contributed by atoms with Gasteiger partial charge in [0.2, 0.25) is 0 Å². The quantitative estimate of drug-likeness (QED) is 0.796. The number of hydrogen-bond acceptors (Lipinski definition) is 1. The molecule has 1 nitrogen and oxygen atoms in total. The first-order valence-corrected chi connectivity index (χ1v) is 4.96. The zero-order valence-electron chi connectivity index (χ0n) is 7.34. The standard InChI is InChI=1S/C11H10BrN/c1-13-11-5-3-8-6-10(12)4-2-9(8)7-11/h2-7,13H,1H3. The summed E-state index contributed by atoms with van der Waals surface area (Å²) in [7, 11) is 1.93. The van der Waals surface area contributed by atoms with Crippen molar-refractivity contribution < 1.29 is 0 Å². The number of anilines is 1. The van der Waals surface area contributed by atoms with Gasteiger partial charge in [-0.05, 0) is 35.0 Å². The fraction of sp³-hybridized carbons (Fsp3) is 0.0909. The van der Waals surface area contributed by atoms with E-state index < -0.39 is 0 Å². The zero-order chi connectivity index (χ0) is 9.26. The van der Waals surface area contributed by atoms with Crippen molar-refractivity contribution in [2.45, 2.75) is 0 Å². The Morgan fingerprint density at radius 3 is 2.46 bits per heavy atom. The van der Waals surface area contributed by atoms with Crippen molar-refractivity contribution in [2.24, 2.45) is 0 Å². The third kappa shape index (κ3) is 1.68. The van der Waals surface area contributed by atoms with Gasteiger partial charge in [-0.25, -0.2) is 0 Å². The van der Waals surface area contributed by atoms with Gasteiger partial charge in [0.15, 0.2) is 0 Å². The minimum Gasteiger partial charge on any atom is -0.388 e. The maximum atomic E-state index is 3.45. The molecule has 0 saturated carbocycles. The Kier molecular flexibility index (Phi) is 2.23. The van der Waals surface area contributed by atoms with Crippen LogP contribution < -0.4 is 5.32 Å². The second-order valence-electron chi connectivity index (χ2n) is 2.96. The number of fused-ring (bicyclic) bond motifs is 1. The van der Waals surface area contributed by atoms with Crippen molar-refractivity contribution in [2.75, 3.05) is 12.4 Å². The van der Waals surface area contributed by atoms with E-state index in [-0.39, 0.29) is 0 Å². The molecule has 66 valence electrons. The molecule has 0 bridgehead atoms. The first-order chi connectivity index (χ1) is 6.29. The zero-order valence-corrected chi connectivity index (χ0v) is 8.93. The van der Waals surface area contributed by atoms with Gasteiger partial charge in [0, 0.05) is 17.2 Å². The summed E-state index contributed by atoms with van der Waals surface area (Å²) < 4.78 is 1.12. The third-order valence-corrected chi connectivity index (χ3v) is 2.58. The van der Waals surface area contributed by atoms with Crippen LogP contribution in [-0.2, 0) is 0 Å².